The molecule has 184 valence electrons. The molecular weight excluding hydrogens is 424 g/mol. The number of unbranched alkanes of at least 4 members (excludes halogenated alkanes) is 1. The van der Waals surface area contributed by atoms with Gasteiger partial charge in [-0.3, -0.25) is 14.4 Å². The minimum atomic E-state index is -1.11. The van der Waals surface area contributed by atoms with E-state index in [-0.39, 0.29) is 25.0 Å². The van der Waals surface area contributed by atoms with E-state index in [0.29, 0.717) is 32.4 Å². The van der Waals surface area contributed by atoms with Gasteiger partial charge in [0.25, 0.3) is 0 Å². The fourth-order valence-electron chi connectivity index (χ4n) is 5.86. The number of fused-ring (bicyclic) bond motifs is 1. The summed E-state index contributed by atoms with van der Waals surface area (Å²) in [4.78, 5) is 44.0. The minimum Gasteiger partial charge on any atom is -0.465 e. The molecule has 3 aliphatic rings. The van der Waals surface area contributed by atoms with Crippen molar-refractivity contribution in [3.8, 4) is 0 Å². The molecule has 2 amide bonds. The predicted octanol–water partition coefficient (Wildman–Crippen LogP) is 2.07. The van der Waals surface area contributed by atoms with Crippen LogP contribution in [-0.4, -0.2) is 82.3 Å². The van der Waals surface area contributed by atoms with E-state index in [1.165, 1.54) is 4.90 Å². The summed E-state index contributed by atoms with van der Waals surface area (Å²) in [5.74, 6) is -2.62. The number of amides is 2. The van der Waals surface area contributed by atoms with Crippen LogP contribution in [0.15, 0.2) is 25.3 Å². The monoisotopic (exact) mass is 462 g/mol. The predicted molar refractivity (Wildman–Crippen MR) is 123 cm³/mol. The quantitative estimate of drug-likeness (QED) is 0.271. The highest BCUT2D eigenvalue weighted by Crippen LogP contribution is 2.63. The van der Waals surface area contributed by atoms with Crippen molar-refractivity contribution in [2.75, 3.05) is 26.3 Å². The summed E-state index contributed by atoms with van der Waals surface area (Å²) in [6, 6.07) is -1.49. The van der Waals surface area contributed by atoms with Crippen molar-refractivity contribution < 1.29 is 29.0 Å². The van der Waals surface area contributed by atoms with Gasteiger partial charge in [-0.1, -0.05) is 25.5 Å². The van der Waals surface area contributed by atoms with Gasteiger partial charge in [0.05, 0.1) is 30.8 Å². The fourth-order valence-corrected chi connectivity index (χ4v) is 5.86. The summed E-state index contributed by atoms with van der Waals surface area (Å²) in [7, 11) is 0. The van der Waals surface area contributed by atoms with Crippen LogP contribution in [-0.2, 0) is 23.9 Å². The van der Waals surface area contributed by atoms with Crippen LogP contribution >= 0.6 is 0 Å². The van der Waals surface area contributed by atoms with Crippen LogP contribution in [0.1, 0.15) is 52.9 Å². The maximum absolute atomic E-state index is 13.9. The van der Waals surface area contributed by atoms with Gasteiger partial charge in [-0.2, -0.15) is 0 Å². The third kappa shape index (κ3) is 4.12. The molecule has 3 aliphatic heterocycles. The van der Waals surface area contributed by atoms with Crippen LogP contribution in [0, 0.1) is 11.8 Å². The van der Waals surface area contributed by atoms with Crippen LogP contribution in [0.2, 0.25) is 0 Å². The number of carbonyl (C=O) groups excluding carboxylic acids is 3. The van der Waals surface area contributed by atoms with E-state index in [0.717, 1.165) is 12.8 Å². The zero-order valence-corrected chi connectivity index (χ0v) is 20.1. The van der Waals surface area contributed by atoms with Gasteiger partial charge in [0, 0.05) is 13.1 Å². The molecule has 3 saturated heterocycles. The molecule has 33 heavy (non-hydrogen) atoms. The molecule has 8 heteroatoms. The van der Waals surface area contributed by atoms with Crippen LogP contribution in [0.5, 0.6) is 0 Å². The number of ether oxygens (including phenoxy) is 2. The Balaban J connectivity index is 2.02. The molecule has 3 heterocycles. The molecule has 0 radical (unpaired) electrons. The molecule has 0 aromatic carbocycles. The summed E-state index contributed by atoms with van der Waals surface area (Å²) in [6.45, 7) is 13.8. The van der Waals surface area contributed by atoms with Gasteiger partial charge < -0.3 is 24.4 Å². The van der Waals surface area contributed by atoms with Crippen molar-refractivity contribution in [2.45, 2.75) is 76.2 Å². The lowest BCUT2D eigenvalue weighted by Gasteiger charge is -2.38. The van der Waals surface area contributed by atoms with Crippen molar-refractivity contribution in [2.24, 2.45) is 11.8 Å². The van der Waals surface area contributed by atoms with Crippen molar-refractivity contribution >= 4 is 17.8 Å². The minimum absolute atomic E-state index is 0.187. The van der Waals surface area contributed by atoms with Gasteiger partial charge in [0.1, 0.15) is 17.6 Å². The number of likely N-dealkylation sites (tertiary alicyclic amines) is 1. The first-order chi connectivity index (χ1) is 15.7. The largest absolute Gasteiger partial charge is 0.465 e. The Kier molecular flexibility index (Phi) is 7.69. The highest BCUT2D eigenvalue weighted by Gasteiger charge is 2.78. The first-order valence-corrected chi connectivity index (χ1v) is 12.0. The van der Waals surface area contributed by atoms with Crippen molar-refractivity contribution in [3.63, 3.8) is 0 Å². The average Bonchev–Trinajstić information content (AvgIpc) is 3.36. The van der Waals surface area contributed by atoms with Gasteiger partial charge in [-0.25, -0.2) is 0 Å². The highest BCUT2D eigenvalue weighted by molar-refractivity contribution is 5.98. The second-order valence-corrected chi connectivity index (χ2v) is 9.68. The van der Waals surface area contributed by atoms with E-state index in [1.807, 2.05) is 6.92 Å². The smallest absolute Gasteiger partial charge is 0.312 e. The second-order valence-electron chi connectivity index (χ2n) is 9.68. The number of hydrogen-bond acceptors (Lipinski definition) is 6. The Morgan fingerprint density at radius 2 is 2.09 bits per heavy atom. The summed E-state index contributed by atoms with van der Waals surface area (Å²) in [6.07, 6.45) is 6.65. The summed E-state index contributed by atoms with van der Waals surface area (Å²) in [5.41, 5.74) is -1.98. The first-order valence-electron chi connectivity index (χ1n) is 12.0. The number of aliphatic hydroxyl groups excluding tert-OH is 1. The Labute approximate surface area is 196 Å². The van der Waals surface area contributed by atoms with Gasteiger partial charge in [-0.15, -0.1) is 13.2 Å². The maximum atomic E-state index is 13.9. The number of hydrogen-bond donors (Lipinski definition) is 1. The zero-order valence-electron chi connectivity index (χ0n) is 20.1. The molecule has 2 unspecified atom stereocenters. The van der Waals surface area contributed by atoms with Crippen LogP contribution in [0.3, 0.4) is 0 Å². The summed E-state index contributed by atoms with van der Waals surface area (Å²) in [5, 5.41) is 9.92. The van der Waals surface area contributed by atoms with Gasteiger partial charge in [0.2, 0.25) is 11.8 Å². The van der Waals surface area contributed by atoms with Gasteiger partial charge in [0.15, 0.2) is 0 Å². The van der Waals surface area contributed by atoms with Crippen molar-refractivity contribution in [3.05, 3.63) is 25.3 Å². The summed E-state index contributed by atoms with van der Waals surface area (Å²) >= 11 is 0. The van der Waals surface area contributed by atoms with E-state index in [9.17, 15) is 19.5 Å². The number of carbonyl (C=O) groups is 3. The van der Waals surface area contributed by atoms with Crippen molar-refractivity contribution in [1.29, 1.82) is 0 Å². The SMILES string of the molecule is C=CCCOC(=O)[C@@H]1[C@H]2C(=O)N([C@H](C)CO)C(C(=O)N(CC=C)CCCC)C23CC[C@@]1(C)O3. The molecule has 0 saturated carbocycles. The highest BCUT2D eigenvalue weighted by atomic mass is 16.6. The number of rotatable bonds is 12. The third-order valence-corrected chi connectivity index (χ3v) is 7.45. The Morgan fingerprint density at radius 1 is 1.36 bits per heavy atom. The lowest BCUT2D eigenvalue weighted by atomic mass is 9.66. The molecule has 6 atom stereocenters. The number of esters is 1. The van der Waals surface area contributed by atoms with Gasteiger partial charge in [-0.05, 0) is 39.5 Å². The molecule has 0 aromatic heterocycles. The lowest BCUT2D eigenvalue weighted by molar-refractivity contribution is -0.161. The number of aliphatic hydroxyl groups is 1. The Bertz CT molecular complexity index is 800. The number of nitrogens with zero attached hydrogens (tertiary/aromatic N) is 2. The van der Waals surface area contributed by atoms with Crippen LogP contribution in [0.4, 0.5) is 0 Å². The van der Waals surface area contributed by atoms with Crippen molar-refractivity contribution in [1.82, 2.24) is 9.80 Å². The molecule has 0 aromatic rings. The first kappa shape index (κ1) is 25.4. The molecule has 3 fully saturated rings. The van der Waals surface area contributed by atoms with E-state index < -0.39 is 41.1 Å². The average molecular weight is 463 g/mol. The topological polar surface area (TPSA) is 96.4 Å². The molecule has 0 aliphatic carbocycles. The maximum Gasteiger partial charge on any atom is 0.312 e. The lowest BCUT2D eigenvalue weighted by Crippen LogP contribution is -2.58. The third-order valence-electron chi connectivity index (χ3n) is 7.45. The molecular formula is C25H38N2O6. The second kappa shape index (κ2) is 9.97. The molecule has 3 rings (SSSR count). The molecule has 1 N–H and O–H groups in total. The molecule has 8 nitrogen and oxygen atoms in total. The van der Waals surface area contributed by atoms with Crippen LogP contribution in [0.25, 0.3) is 0 Å². The fraction of sp³-hybridized carbons (Fsp3) is 0.720. The van der Waals surface area contributed by atoms with E-state index in [1.54, 1.807) is 24.0 Å². The van der Waals surface area contributed by atoms with Crippen LogP contribution < -0.4 is 0 Å². The normalized spacial score (nSPS) is 33.0. The molecule has 1 spiro atoms. The zero-order chi connectivity index (χ0) is 24.4. The molecule has 2 bridgehead atoms. The van der Waals surface area contributed by atoms with E-state index in [2.05, 4.69) is 20.1 Å². The van der Waals surface area contributed by atoms with E-state index >= 15 is 0 Å². The Hall–Kier alpha value is -2.19. The Morgan fingerprint density at radius 3 is 2.70 bits per heavy atom. The van der Waals surface area contributed by atoms with E-state index in [4.69, 9.17) is 9.47 Å². The standard InChI is InChI=1S/C25H38N2O6/c1-6-9-14-26(13-8-3)22(30)20-25-12-11-24(5,33-25)19(23(31)32-15-10-7-2)18(25)21(29)27(20)17(4)16-28/h7-8,17-20,28H,2-3,6,9-16H2,1,4-5H3/t17-,18+,19+,20?,24-,25?/m1/s1. The summed E-state index contributed by atoms with van der Waals surface area (Å²) < 4.78 is 12.0. The van der Waals surface area contributed by atoms with Gasteiger partial charge >= 0.3 is 5.97 Å².